The molecule has 0 aliphatic carbocycles. The van der Waals surface area contributed by atoms with Gasteiger partial charge in [0.1, 0.15) is 0 Å². The van der Waals surface area contributed by atoms with Crippen molar-refractivity contribution in [1.29, 1.82) is 0 Å². The molecule has 0 aromatic carbocycles. The average molecular weight is 314 g/mol. The molecule has 0 saturated heterocycles. The lowest BCUT2D eigenvalue weighted by Crippen LogP contribution is -2.23. The molecule has 2 aromatic heterocycles. The van der Waals surface area contributed by atoms with E-state index in [0.29, 0.717) is 6.04 Å². The molecule has 0 radical (unpaired) electrons. The minimum atomic E-state index is 0.376. The topological polar surface area (TPSA) is 29.9 Å². The van der Waals surface area contributed by atoms with Crippen LogP contribution >= 0.6 is 27.3 Å². The Hall–Kier alpha value is -0.650. The summed E-state index contributed by atoms with van der Waals surface area (Å²) in [6.07, 6.45) is 3.95. The summed E-state index contributed by atoms with van der Waals surface area (Å²) >= 11 is 5.34. The van der Waals surface area contributed by atoms with Crippen molar-refractivity contribution in [3.8, 4) is 0 Å². The molecule has 0 saturated carbocycles. The summed E-state index contributed by atoms with van der Waals surface area (Å²) in [6, 6.07) is 2.47. The van der Waals surface area contributed by atoms with E-state index in [4.69, 9.17) is 0 Å². The number of rotatable bonds is 5. The summed E-state index contributed by atoms with van der Waals surface area (Å²) < 4.78 is 3.16. The van der Waals surface area contributed by atoms with Crippen molar-refractivity contribution < 1.29 is 0 Å². The van der Waals surface area contributed by atoms with Gasteiger partial charge < -0.3 is 5.32 Å². The molecule has 17 heavy (non-hydrogen) atoms. The Morgan fingerprint density at radius 1 is 1.59 bits per heavy atom. The van der Waals surface area contributed by atoms with E-state index in [9.17, 15) is 0 Å². The minimum Gasteiger partial charge on any atom is -0.308 e. The van der Waals surface area contributed by atoms with Crippen molar-refractivity contribution >= 4 is 27.3 Å². The maximum Gasteiger partial charge on any atom is 0.0534 e. The maximum absolute atomic E-state index is 4.26. The predicted molar refractivity (Wildman–Crippen MR) is 75.4 cm³/mol. The quantitative estimate of drug-likeness (QED) is 0.917. The van der Waals surface area contributed by atoms with Crippen LogP contribution in [0, 0.1) is 6.92 Å². The SMILES string of the molecule is Cc1cnn(CCNC(C)c2sccc2Br)c1. The van der Waals surface area contributed by atoms with E-state index in [2.05, 4.69) is 57.8 Å². The summed E-state index contributed by atoms with van der Waals surface area (Å²) in [4.78, 5) is 1.35. The number of hydrogen-bond acceptors (Lipinski definition) is 3. The van der Waals surface area contributed by atoms with Crippen molar-refractivity contribution in [2.75, 3.05) is 6.54 Å². The van der Waals surface area contributed by atoms with E-state index in [1.54, 1.807) is 11.3 Å². The number of aryl methyl sites for hydroxylation is 1. The summed E-state index contributed by atoms with van der Waals surface area (Å²) in [5.41, 5.74) is 1.21. The van der Waals surface area contributed by atoms with Crippen LogP contribution in [0.5, 0.6) is 0 Å². The largest absolute Gasteiger partial charge is 0.308 e. The van der Waals surface area contributed by atoms with Crippen LogP contribution in [0.4, 0.5) is 0 Å². The van der Waals surface area contributed by atoms with Crippen LogP contribution in [0.3, 0.4) is 0 Å². The second-order valence-electron chi connectivity index (χ2n) is 4.09. The molecule has 2 aromatic rings. The fourth-order valence-electron chi connectivity index (χ4n) is 1.69. The fourth-order valence-corrected chi connectivity index (χ4v) is 3.44. The molecule has 0 spiro atoms. The van der Waals surface area contributed by atoms with E-state index in [-0.39, 0.29) is 0 Å². The fraction of sp³-hybridized carbons (Fsp3) is 0.417. The van der Waals surface area contributed by atoms with Crippen LogP contribution in [-0.2, 0) is 6.54 Å². The Balaban J connectivity index is 1.81. The number of halogens is 1. The van der Waals surface area contributed by atoms with Crippen molar-refractivity contribution in [1.82, 2.24) is 15.1 Å². The van der Waals surface area contributed by atoms with Crippen LogP contribution in [0.2, 0.25) is 0 Å². The highest BCUT2D eigenvalue weighted by Gasteiger charge is 2.09. The van der Waals surface area contributed by atoms with Crippen LogP contribution in [-0.4, -0.2) is 16.3 Å². The molecule has 0 aliphatic heterocycles. The first-order valence-corrected chi connectivity index (χ1v) is 7.29. The first-order chi connectivity index (χ1) is 8.16. The Labute approximate surface area is 114 Å². The van der Waals surface area contributed by atoms with E-state index in [1.807, 2.05) is 10.9 Å². The summed E-state index contributed by atoms with van der Waals surface area (Å²) in [7, 11) is 0. The van der Waals surface area contributed by atoms with E-state index in [1.165, 1.54) is 14.9 Å². The number of nitrogens with one attached hydrogen (secondary N) is 1. The molecule has 0 bridgehead atoms. The molecule has 3 nitrogen and oxygen atoms in total. The van der Waals surface area contributed by atoms with Crippen LogP contribution < -0.4 is 5.32 Å². The molecule has 92 valence electrons. The first kappa shape index (κ1) is 12.8. The Morgan fingerprint density at radius 2 is 2.41 bits per heavy atom. The highest BCUT2D eigenvalue weighted by Crippen LogP contribution is 2.28. The highest BCUT2D eigenvalue weighted by atomic mass is 79.9. The van der Waals surface area contributed by atoms with Gasteiger partial charge in [0.2, 0.25) is 0 Å². The van der Waals surface area contributed by atoms with E-state index >= 15 is 0 Å². The van der Waals surface area contributed by atoms with Gasteiger partial charge in [-0.25, -0.2) is 0 Å². The Bertz CT molecular complexity index is 478. The predicted octanol–water partition coefficient (Wildman–Crippen LogP) is 3.37. The Kier molecular flexibility index (Phi) is 4.36. The molecule has 1 atom stereocenters. The normalized spacial score (nSPS) is 12.9. The van der Waals surface area contributed by atoms with Gasteiger partial charge in [0.05, 0.1) is 12.7 Å². The zero-order chi connectivity index (χ0) is 12.3. The van der Waals surface area contributed by atoms with E-state index < -0.39 is 0 Å². The third kappa shape index (κ3) is 3.40. The second-order valence-corrected chi connectivity index (χ2v) is 5.89. The van der Waals surface area contributed by atoms with Gasteiger partial charge in [-0.15, -0.1) is 11.3 Å². The Morgan fingerprint density at radius 3 is 3.00 bits per heavy atom. The summed E-state index contributed by atoms with van der Waals surface area (Å²) in [5.74, 6) is 0. The van der Waals surface area contributed by atoms with Gasteiger partial charge in [0, 0.05) is 28.1 Å². The highest BCUT2D eigenvalue weighted by molar-refractivity contribution is 9.10. The molecule has 1 N–H and O–H groups in total. The molecule has 0 aliphatic rings. The number of hydrogen-bond donors (Lipinski definition) is 1. The zero-order valence-electron chi connectivity index (χ0n) is 9.98. The van der Waals surface area contributed by atoms with Crippen LogP contribution in [0.25, 0.3) is 0 Å². The third-order valence-corrected chi connectivity index (χ3v) is 4.65. The molecule has 5 heteroatoms. The van der Waals surface area contributed by atoms with Gasteiger partial charge in [-0.2, -0.15) is 5.10 Å². The van der Waals surface area contributed by atoms with Crippen LogP contribution in [0.1, 0.15) is 23.4 Å². The third-order valence-electron chi connectivity index (χ3n) is 2.59. The molecule has 0 amide bonds. The van der Waals surface area contributed by atoms with Gasteiger partial charge in [0.25, 0.3) is 0 Å². The van der Waals surface area contributed by atoms with Gasteiger partial charge in [-0.3, -0.25) is 4.68 Å². The smallest absolute Gasteiger partial charge is 0.0534 e. The van der Waals surface area contributed by atoms with Gasteiger partial charge in [-0.1, -0.05) is 0 Å². The second kappa shape index (κ2) is 5.80. The molecule has 2 rings (SSSR count). The number of nitrogens with zero attached hydrogens (tertiary/aromatic N) is 2. The molecule has 1 unspecified atom stereocenters. The van der Waals surface area contributed by atoms with Gasteiger partial charge >= 0.3 is 0 Å². The summed E-state index contributed by atoms with van der Waals surface area (Å²) in [5, 5.41) is 9.87. The molecule has 0 fully saturated rings. The minimum absolute atomic E-state index is 0.376. The first-order valence-electron chi connectivity index (χ1n) is 5.62. The average Bonchev–Trinajstić information content (AvgIpc) is 2.87. The van der Waals surface area contributed by atoms with Crippen molar-refractivity contribution in [3.63, 3.8) is 0 Å². The van der Waals surface area contributed by atoms with Crippen molar-refractivity contribution in [2.45, 2.75) is 26.4 Å². The lowest BCUT2D eigenvalue weighted by Gasteiger charge is -2.12. The van der Waals surface area contributed by atoms with Gasteiger partial charge in [0.15, 0.2) is 0 Å². The van der Waals surface area contributed by atoms with Crippen molar-refractivity contribution in [2.24, 2.45) is 0 Å². The number of aromatic nitrogens is 2. The monoisotopic (exact) mass is 313 g/mol. The van der Waals surface area contributed by atoms with E-state index in [0.717, 1.165) is 13.1 Å². The summed E-state index contributed by atoms with van der Waals surface area (Å²) in [6.45, 7) is 6.07. The van der Waals surface area contributed by atoms with Crippen LogP contribution in [0.15, 0.2) is 28.3 Å². The molecular formula is C12H16BrN3S. The maximum atomic E-state index is 4.26. The standard InChI is InChI=1S/C12H16BrN3S/c1-9-7-15-16(8-9)5-4-14-10(2)12-11(13)3-6-17-12/h3,6-8,10,14H,4-5H2,1-2H3. The van der Waals surface area contributed by atoms with Crippen molar-refractivity contribution in [3.05, 3.63) is 38.8 Å². The molecule has 2 heterocycles. The van der Waals surface area contributed by atoms with Gasteiger partial charge in [-0.05, 0) is 46.8 Å². The zero-order valence-corrected chi connectivity index (χ0v) is 12.4. The number of thiophene rings is 1. The lowest BCUT2D eigenvalue weighted by molar-refractivity contribution is 0.510. The molecular weight excluding hydrogens is 298 g/mol. The lowest BCUT2D eigenvalue weighted by atomic mass is 10.3.